The fraction of sp³-hybridized carbons (Fsp3) is 0.583. The summed E-state index contributed by atoms with van der Waals surface area (Å²) < 4.78 is 24.0. The number of hydrogen-bond acceptors (Lipinski definition) is 4. The van der Waals surface area contributed by atoms with Crippen LogP contribution in [-0.4, -0.2) is 38.0 Å². The molecule has 1 N–H and O–H groups in total. The predicted octanol–water partition coefficient (Wildman–Crippen LogP) is 1.41. The number of rotatable bonds is 4. The maximum Gasteiger partial charge on any atom is 0.150 e. The Labute approximate surface area is 116 Å². The number of sulfone groups is 1. The molecule has 2 atom stereocenters. The SMILES string of the molecule is CNC(Cc1ccc(Br)cn1)C1CCS(=O)(=O)C1. The van der Waals surface area contributed by atoms with Crippen molar-refractivity contribution < 1.29 is 8.42 Å². The quantitative estimate of drug-likeness (QED) is 0.905. The van der Waals surface area contributed by atoms with Crippen LogP contribution in [0.5, 0.6) is 0 Å². The lowest BCUT2D eigenvalue weighted by molar-refractivity contribution is 0.400. The van der Waals surface area contributed by atoms with Gasteiger partial charge in [-0.2, -0.15) is 0 Å². The van der Waals surface area contributed by atoms with Crippen LogP contribution in [0.1, 0.15) is 12.1 Å². The van der Waals surface area contributed by atoms with Crippen LogP contribution >= 0.6 is 15.9 Å². The Hall–Kier alpha value is -0.460. The van der Waals surface area contributed by atoms with E-state index in [0.717, 1.165) is 23.0 Å². The third-order valence-electron chi connectivity index (χ3n) is 3.43. The number of likely N-dealkylation sites (N-methyl/N-ethyl adjacent to an activating group) is 1. The lowest BCUT2D eigenvalue weighted by atomic mass is 9.95. The second-order valence-corrected chi connectivity index (χ2v) is 7.87. The van der Waals surface area contributed by atoms with Crippen LogP contribution in [0.25, 0.3) is 0 Å². The summed E-state index contributed by atoms with van der Waals surface area (Å²) >= 11 is 3.35. The fourth-order valence-electron chi connectivity index (χ4n) is 2.40. The van der Waals surface area contributed by atoms with Crippen molar-refractivity contribution in [1.82, 2.24) is 10.3 Å². The summed E-state index contributed by atoms with van der Waals surface area (Å²) in [6.45, 7) is 0. The predicted molar refractivity (Wildman–Crippen MR) is 75.2 cm³/mol. The van der Waals surface area contributed by atoms with Gasteiger partial charge in [-0.25, -0.2) is 8.42 Å². The minimum atomic E-state index is -2.82. The number of pyridine rings is 1. The van der Waals surface area contributed by atoms with Crippen molar-refractivity contribution in [2.75, 3.05) is 18.6 Å². The number of nitrogens with one attached hydrogen (secondary N) is 1. The van der Waals surface area contributed by atoms with Crippen molar-refractivity contribution in [3.05, 3.63) is 28.5 Å². The Morgan fingerprint density at radius 3 is 2.83 bits per heavy atom. The molecule has 2 rings (SSSR count). The standard InChI is InChI=1S/C12H17BrN2O2S/c1-14-12(9-4-5-18(16,17)8-9)6-11-3-2-10(13)7-15-11/h2-3,7,9,12,14H,4-6,8H2,1H3. The largest absolute Gasteiger partial charge is 0.316 e. The van der Waals surface area contributed by atoms with Crippen molar-refractivity contribution in [3.63, 3.8) is 0 Å². The monoisotopic (exact) mass is 332 g/mol. The number of hydrogen-bond donors (Lipinski definition) is 1. The summed E-state index contributed by atoms with van der Waals surface area (Å²) in [5.41, 5.74) is 0.988. The number of aromatic nitrogens is 1. The molecule has 0 spiro atoms. The van der Waals surface area contributed by atoms with Crippen LogP contribution in [0.15, 0.2) is 22.8 Å². The highest BCUT2D eigenvalue weighted by atomic mass is 79.9. The Morgan fingerprint density at radius 2 is 2.33 bits per heavy atom. The Morgan fingerprint density at radius 1 is 1.56 bits per heavy atom. The highest BCUT2D eigenvalue weighted by Gasteiger charge is 2.33. The van der Waals surface area contributed by atoms with E-state index in [1.807, 2.05) is 19.2 Å². The minimum Gasteiger partial charge on any atom is -0.316 e. The van der Waals surface area contributed by atoms with Gasteiger partial charge in [-0.3, -0.25) is 4.98 Å². The van der Waals surface area contributed by atoms with Gasteiger partial charge in [0, 0.05) is 28.8 Å². The van der Waals surface area contributed by atoms with E-state index >= 15 is 0 Å². The molecule has 6 heteroatoms. The third kappa shape index (κ3) is 3.52. The first-order valence-electron chi connectivity index (χ1n) is 5.98. The van der Waals surface area contributed by atoms with Crippen LogP contribution < -0.4 is 5.32 Å². The topological polar surface area (TPSA) is 59.1 Å². The van der Waals surface area contributed by atoms with E-state index in [4.69, 9.17) is 0 Å². The van der Waals surface area contributed by atoms with Gasteiger partial charge >= 0.3 is 0 Å². The van der Waals surface area contributed by atoms with Gasteiger partial charge in [0.2, 0.25) is 0 Å². The zero-order chi connectivity index (χ0) is 13.2. The molecule has 0 saturated carbocycles. The molecule has 4 nitrogen and oxygen atoms in total. The molecule has 0 amide bonds. The van der Waals surface area contributed by atoms with E-state index in [0.29, 0.717) is 11.5 Å². The van der Waals surface area contributed by atoms with Gasteiger partial charge in [-0.15, -0.1) is 0 Å². The maximum atomic E-state index is 11.5. The molecular weight excluding hydrogens is 316 g/mol. The van der Waals surface area contributed by atoms with E-state index in [9.17, 15) is 8.42 Å². The second-order valence-electron chi connectivity index (χ2n) is 4.73. The van der Waals surface area contributed by atoms with Gasteiger partial charge < -0.3 is 5.32 Å². The molecule has 100 valence electrons. The average Bonchev–Trinajstić information content (AvgIpc) is 2.69. The zero-order valence-electron chi connectivity index (χ0n) is 10.3. The van der Waals surface area contributed by atoms with Gasteiger partial charge in [0.15, 0.2) is 9.84 Å². The summed E-state index contributed by atoms with van der Waals surface area (Å²) in [6, 6.07) is 4.11. The molecule has 18 heavy (non-hydrogen) atoms. The minimum absolute atomic E-state index is 0.177. The summed E-state index contributed by atoms with van der Waals surface area (Å²) in [4.78, 5) is 4.34. The van der Waals surface area contributed by atoms with Gasteiger partial charge in [0.05, 0.1) is 11.5 Å². The third-order valence-corrected chi connectivity index (χ3v) is 5.69. The molecule has 1 aromatic rings. The van der Waals surface area contributed by atoms with Gasteiger partial charge in [-0.1, -0.05) is 0 Å². The Kier molecular flexibility index (Phi) is 4.40. The molecule has 0 aromatic carbocycles. The first-order chi connectivity index (χ1) is 8.50. The molecule has 2 heterocycles. The van der Waals surface area contributed by atoms with Crippen LogP contribution in [0.2, 0.25) is 0 Å². The molecule has 1 aromatic heterocycles. The summed E-state index contributed by atoms with van der Waals surface area (Å²) in [5, 5.41) is 3.23. The Balaban J connectivity index is 2.04. The number of halogens is 1. The van der Waals surface area contributed by atoms with Crippen LogP contribution in [0, 0.1) is 5.92 Å². The van der Waals surface area contributed by atoms with Crippen molar-refractivity contribution in [3.8, 4) is 0 Å². The molecule has 1 aliphatic rings. The molecule has 1 aliphatic heterocycles. The summed E-state index contributed by atoms with van der Waals surface area (Å²) in [5.74, 6) is 0.823. The van der Waals surface area contributed by atoms with Gasteiger partial charge in [0.25, 0.3) is 0 Å². The lowest BCUT2D eigenvalue weighted by Crippen LogP contribution is -2.36. The number of nitrogens with zero attached hydrogens (tertiary/aromatic N) is 1. The van der Waals surface area contributed by atoms with E-state index in [-0.39, 0.29) is 12.0 Å². The molecule has 1 fully saturated rings. The molecule has 0 bridgehead atoms. The Bertz CT molecular complexity index is 501. The van der Waals surface area contributed by atoms with E-state index in [1.54, 1.807) is 6.20 Å². The van der Waals surface area contributed by atoms with Crippen molar-refractivity contribution in [2.24, 2.45) is 5.92 Å². The molecule has 0 radical (unpaired) electrons. The highest BCUT2D eigenvalue weighted by molar-refractivity contribution is 9.10. The van der Waals surface area contributed by atoms with Gasteiger partial charge in [-0.05, 0) is 47.4 Å². The van der Waals surface area contributed by atoms with Crippen LogP contribution in [0.4, 0.5) is 0 Å². The first kappa shape index (κ1) is 14.0. The lowest BCUT2D eigenvalue weighted by Gasteiger charge is -2.21. The average molecular weight is 333 g/mol. The summed E-state index contributed by atoms with van der Waals surface area (Å²) in [7, 11) is -0.934. The molecule has 0 aliphatic carbocycles. The maximum absolute atomic E-state index is 11.5. The smallest absolute Gasteiger partial charge is 0.150 e. The van der Waals surface area contributed by atoms with E-state index in [2.05, 4.69) is 26.2 Å². The summed E-state index contributed by atoms with van der Waals surface area (Å²) in [6.07, 6.45) is 3.29. The first-order valence-corrected chi connectivity index (χ1v) is 8.60. The second kappa shape index (κ2) is 5.67. The zero-order valence-corrected chi connectivity index (χ0v) is 12.7. The van der Waals surface area contributed by atoms with Gasteiger partial charge in [0.1, 0.15) is 0 Å². The van der Waals surface area contributed by atoms with E-state index < -0.39 is 9.84 Å². The van der Waals surface area contributed by atoms with Crippen LogP contribution in [0.3, 0.4) is 0 Å². The van der Waals surface area contributed by atoms with E-state index in [1.165, 1.54) is 0 Å². The molecule has 1 saturated heterocycles. The normalized spacial score (nSPS) is 24.0. The molecule has 2 unspecified atom stereocenters. The fourth-order valence-corrected chi connectivity index (χ4v) is 4.51. The van der Waals surface area contributed by atoms with Crippen molar-refractivity contribution >= 4 is 25.8 Å². The van der Waals surface area contributed by atoms with Crippen molar-refractivity contribution in [2.45, 2.75) is 18.9 Å². The van der Waals surface area contributed by atoms with Crippen molar-refractivity contribution in [1.29, 1.82) is 0 Å². The molecular formula is C12H17BrN2O2S. The van der Waals surface area contributed by atoms with Crippen LogP contribution in [-0.2, 0) is 16.3 Å². The highest BCUT2D eigenvalue weighted by Crippen LogP contribution is 2.23.